The molecule has 0 fully saturated rings. The minimum atomic E-state index is 1.10. The van der Waals surface area contributed by atoms with E-state index in [4.69, 9.17) is 0 Å². The Morgan fingerprint density at radius 2 is 0.918 bits per heavy atom. The van der Waals surface area contributed by atoms with Gasteiger partial charge in [0.1, 0.15) is 0 Å². The van der Waals surface area contributed by atoms with Gasteiger partial charge >= 0.3 is 0 Å². The molecule has 0 amide bonds. The molecule has 0 bridgehead atoms. The molecule has 12 aromatic rings. The number of hydrogen-bond acceptors (Lipinski definition) is 2. The maximum atomic E-state index is 2.43. The van der Waals surface area contributed by atoms with Crippen molar-refractivity contribution in [2.45, 2.75) is 0 Å². The van der Waals surface area contributed by atoms with Crippen LogP contribution in [0.25, 0.3) is 91.8 Å². The maximum Gasteiger partial charge on any atom is 0.0619 e. The Balaban J connectivity index is 0.932. The molecule has 3 heteroatoms. The molecule has 2 nitrogen and oxygen atoms in total. The van der Waals surface area contributed by atoms with Gasteiger partial charge in [0.2, 0.25) is 0 Å². The van der Waals surface area contributed by atoms with Crippen LogP contribution in [-0.2, 0) is 0 Å². The fourth-order valence-electron chi connectivity index (χ4n) is 9.33. The van der Waals surface area contributed by atoms with Crippen LogP contribution in [0.1, 0.15) is 0 Å². The average molecular weight is 795 g/mol. The molecule has 0 N–H and O–H groups in total. The van der Waals surface area contributed by atoms with Crippen LogP contribution in [0.3, 0.4) is 0 Å². The summed E-state index contributed by atoms with van der Waals surface area (Å²) in [5.41, 5.74) is 14.1. The topological polar surface area (TPSA) is 8.17 Å². The summed E-state index contributed by atoms with van der Waals surface area (Å²) < 4.78 is 5.08. The van der Waals surface area contributed by atoms with Gasteiger partial charge in [0.15, 0.2) is 0 Å². The number of para-hydroxylation sites is 2. The van der Waals surface area contributed by atoms with E-state index in [0.29, 0.717) is 0 Å². The van der Waals surface area contributed by atoms with E-state index in [1.54, 1.807) is 0 Å². The Hall–Kier alpha value is -7.72. The predicted molar refractivity (Wildman–Crippen MR) is 262 cm³/mol. The lowest BCUT2D eigenvalue weighted by Gasteiger charge is -2.28. The molecule has 286 valence electrons. The van der Waals surface area contributed by atoms with Gasteiger partial charge in [-0.1, -0.05) is 176 Å². The Morgan fingerprint density at radius 3 is 1.70 bits per heavy atom. The smallest absolute Gasteiger partial charge is 0.0619 e. The zero-order valence-corrected chi connectivity index (χ0v) is 34.1. The quantitative estimate of drug-likeness (QED) is 0.156. The molecule has 0 aliphatic heterocycles. The van der Waals surface area contributed by atoms with Crippen molar-refractivity contribution in [1.82, 2.24) is 4.57 Å². The zero-order valence-electron chi connectivity index (χ0n) is 33.2. The van der Waals surface area contributed by atoms with Gasteiger partial charge in [-0.05, 0) is 87.8 Å². The van der Waals surface area contributed by atoms with Crippen molar-refractivity contribution in [3.8, 4) is 39.1 Å². The first-order valence-corrected chi connectivity index (χ1v) is 21.7. The zero-order chi connectivity index (χ0) is 40.3. The molecular formula is C58H38N2S. The number of anilines is 3. The Bertz CT molecular complexity index is 3560. The minimum absolute atomic E-state index is 1.10. The molecule has 0 aliphatic rings. The third kappa shape index (κ3) is 5.93. The number of rotatable bonds is 7. The standard InChI is InChI=1S/C58H38N2S/c1-2-13-41(14-3-1)47-16-6-9-22-54(47)59(45-36-29-43(30-37-45)49-20-12-21-53-51-19-8-11-24-56(51)61-58(49)53)44-32-25-39(26-33-44)40-27-34-46(35-28-40)60-55-23-10-7-18-50(55)52-38-31-42-15-4-5-17-48(42)57(52)60/h1-38H. The largest absolute Gasteiger partial charge is 0.310 e. The van der Waals surface area contributed by atoms with E-state index in [0.717, 1.165) is 22.7 Å². The fraction of sp³-hybridized carbons (Fsp3) is 0. The molecule has 0 radical (unpaired) electrons. The van der Waals surface area contributed by atoms with Crippen LogP contribution in [0.15, 0.2) is 231 Å². The second-order valence-corrected chi connectivity index (χ2v) is 16.7. The van der Waals surface area contributed by atoms with Crippen LogP contribution in [0, 0.1) is 0 Å². The molecule has 0 spiro atoms. The molecule has 0 unspecified atom stereocenters. The average Bonchev–Trinajstić information content (AvgIpc) is 3.89. The highest BCUT2D eigenvalue weighted by molar-refractivity contribution is 7.26. The molecule has 0 saturated heterocycles. The molecule has 2 heterocycles. The van der Waals surface area contributed by atoms with Crippen LogP contribution in [0.4, 0.5) is 17.1 Å². The van der Waals surface area contributed by atoms with E-state index >= 15 is 0 Å². The molecule has 12 rings (SSSR count). The molecular weight excluding hydrogens is 757 g/mol. The SMILES string of the molecule is c1ccc(-c2ccccc2N(c2ccc(-c3ccc(-n4c5ccccc5c5ccc6ccccc6c54)cc3)cc2)c2ccc(-c3cccc4c3sc3ccccc34)cc2)cc1. The Kier molecular flexibility index (Phi) is 8.39. The summed E-state index contributed by atoms with van der Waals surface area (Å²) in [6.45, 7) is 0. The molecule has 2 aromatic heterocycles. The van der Waals surface area contributed by atoms with Gasteiger partial charge < -0.3 is 9.47 Å². The van der Waals surface area contributed by atoms with Gasteiger partial charge in [-0.2, -0.15) is 0 Å². The Labute approximate surface area is 358 Å². The Morgan fingerprint density at radius 1 is 0.344 bits per heavy atom. The van der Waals surface area contributed by atoms with Crippen molar-refractivity contribution in [2.75, 3.05) is 4.90 Å². The van der Waals surface area contributed by atoms with Gasteiger partial charge in [0.05, 0.1) is 16.7 Å². The fourth-order valence-corrected chi connectivity index (χ4v) is 10.6. The monoisotopic (exact) mass is 794 g/mol. The summed E-state index contributed by atoms with van der Waals surface area (Å²) in [5.74, 6) is 0. The van der Waals surface area contributed by atoms with E-state index in [-0.39, 0.29) is 0 Å². The van der Waals surface area contributed by atoms with Gasteiger partial charge in [-0.25, -0.2) is 0 Å². The summed E-state index contributed by atoms with van der Waals surface area (Å²) in [6.07, 6.45) is 0. The lowest BCUT2D eigenvalue weighted by atomic mass is 10.00. The highest BCUT2D eigenvalue weighted by atomic mass is 32.1. The first kappa shape index (κ1) is 35.2. The predicted octanol–water partition coefficient (Wildman–Crippen LogP) is 16.8. The van der Waals surface area contributed by atoms with Crippen LogP contribution < -0.4 is 4.90 Å². The van der Waals surface area contributed by atoms with Crippen molar-refractivity contribution >= 4 is 81.1 Å². The molecule has 61 heavy (non-hydrogen) atoms. The van der Waals surface area contributed by atoms with Crippen molar-refractivity contribution in [1.29, 1.82) is 0 Å². The first-order chi connectivity index (χ1) is 30.3. The van der Waals surface area contributed by atoms with Gasteiger partial charge in [-0.3, -0.25) is 0 Å². The molecule has 0 saturated carbocycles. The van der Waals surface area contributed by atoms with Gasteiger partial charge in [-0.15, -0.1) is 11.3 Å². The lowest BCUT2D eigenvalue weighted by Crippen LogP contribution is -2.11. The van der Waals surface area contributed by atoms with Crippen LogP contribution in [0.2, 0.25) is 0 Å². The van der Waals surface area contributed by atoms with Crippen molar-refractivity contribution < 1.29 is 0 Å². The van der Waals surface area contributed by atoms with E-state index in [1.165, 1.54) is 86.1 Å². The third-order valence-electron chi connectivity index (χ3n) is 12.2. The first-order valence-electron chi connectivity index (χ1n) is 20.8. The van der Waals surface area contributed by atoms with Gasteiger partial charge in [0.25, 0.3) is 0 Å². The number of fused-ring (bicyclic) bond motifs is 8. The third-order valence-corrected chi connectivity index (χ3v) is 13.4. The second-order valence-electron chi connectivity index (χ2n) is 15.7. The van der Waals surface area contributed by atoms with E-state index in [1.807, 2.05) is 11.3 Å². The second kappa shape index (κ2) is 14.5. The number of hydrogen-bond donors (Lipinski definition) is 0. The van der Waals surface area contributed by atoms with Crippen LogP contribution in [-0.4, -0.2) is 4.57 Å². The lowest BCUT2D eigenvalue weighted by molar-refractivity contribution is 1.19. The number of nitrogens with zero attached hydrogens (tertiary/aromatic N) is 2. The van der Waals surface area contributed by atoms with Crippen LogP contribution >= 0.6 is 11.3 Å². The summed E-state index contributed by atoms with van der Waals surface area (Å²) in [4.78, 5) is 2.39. The number of aromatic nitrogens is 1. The molecule has 0 atom stereocenters. The summed E-state index contributed by atoms with van der Waals surface area (Å²) in [7, 11) is 0. The summed E-state index contributed by atoms with van der Waals surface area (Å²) >= 11 is 1.88. The van der Waals surface area contributed by atoms with Crippen molar-refractivity contribution in [3.63, 3.8) is 0 Å². The highest BCUT2D eigenvalue weighted by Gasteiger charge is 2.19. The highest BCUT2D eigenvalue weighted by Crippen LogP contribution is 2.44. The maximum absolute atomic E-state index is 2.43. The van der Waals surface area contributed by atoms with E-state index < -0.39 is 0 Å². The molecule has 0 aliphatic carbocycles. The minimum Gasteiger partial charge on any atom is -0.310 e. The van der Waals surface area contributed by atoms with Crippen molar-refractivity contribution in [2.24, 2.45) is 0 Å². The number of benzene rings is 10. The number of thiophene rings is 1. The van der Waals surface area contributed by atoms with Gasteiger partial charge in [0, 0.05) is 59.0 Å². The summed E-state index contributed by atoms with van der Waals surface area (Å²) in [6, 6.07) is 84.0. The van der Waals surface area contributed by atoms with Crippen LogP contribution in [0.5, 0.6) is 0 Å². The van der Waals surface area contributed by atoms with Crippen molar-refractivity contribution in [3.05, 3.63) is 231 Å². The van der Waals surface area contributed by atoms with E-state index in [9.17, 15) is 0 Å². The normalized spacial score (nSPS) is 11.6. The molecule has 10 aromatic carbocycles. The van der Waals surface area contributed by atoms with E-state index in [2.05, 4.69) is 240 Å². The summed E-state index contributed by atoms with van der Waals surface area (Å²) in [5, 5.41) is 7.69.